The van der Waals surface area contributed by atoms with E-state index < -0.39 is 5.97 Å². The normalized spacial score (nSPS) is 16.9. The number of rotatable bonds is 3. The summed E-state index contributed by atoms with van der Waals surface area (Å²) >= 11 is 0. The minimum Gasteiger partial charge on any atom is -0.478 e. The predicted molar refractivity (Wildman–Crippen MR) is 54.1 cm³/mol. The number of carboxylic acid groups (broad SMARTS) is 1. The molecule has 2 amide bonds. The second kappa shape index (κ2) is 4.38. The Balaban J connectivity index is 2.02. The van der Waals surface area contributed by atoms with Crippen LogP contribution in [0.3, 0.4) is 0 Å². The molecule has 2 rings (SSSR count). The second-order valence-corrected chi connectivity index (χ2v) is 3.72. The van der Waals surface area contributed by atoms with Gasteiger partial charge in [0.05, 0.1) is 25.2 Å². The molecule has 0 unspecified atom stereocenters. The molecule has 2 heterocycles. The molecular formula is C10H10N2O5. The number of aromatic carboxylic acids is 1. The average molecular weight is 238 g/mol. The summed E-state index contributed by atoms with van der Waals surface area (Å²) in [6.07, 6.45) is 1.13. The molecule has 1 aromatic rings. The minimum atomic E-state index is -1.08. The van der Waals surface area contributed by atoms with E-state index in [9.17, 15) is 14.4 Å². The number of carbonyl (C=O) groups is 3. The summed E-state index contributed by atoms with van der Waals surface area (Å²) in [5.74, 6) is -1.41. The first-order valence-electron chi connectivity index (χ1n) is 4.90. The first-order valence-corrected chi connectivity index (χ1v) is 4.90. The third kappa shape index (κ3) is 2.70. The SMILES string of the molecule is O=C1CN(Cc2cc(C(=O)O)co2)CC(=O)N1. The Hall–Kier alpha value is -2.15. The monoisotopic (exact) mass is 238 g/mol. The first kappa shape index (κ1) is 11.3. The van der Waals surface area contributed by atoms with E-state index in [1.54, 1.807) is 4.90 Å². The van der Waals surface area contributed by atoms with Gasteiger partial charge in [-0.1, -0.05) is 0 Å². The van der Waals surface area contributed by atoms with Crippen LogP contribution in [0.1, 0.15) is 16.1 Å². The molecule has 2 N–H and O–H groups in total. The van der Waals surface area contributed by atoms with Gasteiger partial charge in [0.15, 0.2) is 0 Å². The van der Waals surface area contributed by atoms with Crippen molar-refractivity contribution in [2.45, 2.75) is 6.54 Å². The molecular weight excluding hydrogens is 228 g/mol. The molecule has 0 radical (unpaired) electrons. The number of hydrogen-bond donors (Lipinski definition) is 2. The van der Waals surface area contributed by atoms with Gasteiger partial charge in [-0.05, 0) is 6.07 Å². The molecule has 1 aromatic heterocycles. The van der Waals surface area contributed by atoms with Crippen molar-refractivity contribution < 1.29 is 23.9 Å². The fourth-order valence-corrected chi connectivity index (χ4v) is 1.60. The smallest absolute Gasteiger partial charge is 0.338 e. The number of amides is 2. The van der Waals surface area contributed by atoms with Gasteiger partial charge in [0.1, 0.15) is 12.0 Å². The summed E-state index contributed by atoms with van der Waals surface area (Å²) in [5, 5.41) is 10.9. The van der Waals surface area contributed by atoms with Gasteiger partial charge in [-0.25, -0.2) is 4.79 Å². The van der Waals surface area contributed by atoms with Crippen LogP contribution in [0.5, 0.6) is 0 Å². The Kier molecular flexibility index (Phi) is 2.92. The molecule has 1 fully saturated rings. The lowest BCUT2D eigenvalue weighted by Gasteiger charge is -2.23. The number of carboxylic acids is 1. The molecule has 7 heteroatoms. The lowest BCUT2D eigenvalue weighted by molar-refractivity contribution is -0.136. The van der Waals surface area contributed by atoms with Gasteiger partial charge in [-0.2, -0.15) is 0 Å². The van der Waals surface area contributed by atoms with Crippen LogP contribution in [-0.2, 0) is 16.1 Å². The Morgan fingerprint density at radius 1 is 1.41 bits per heavy atom. The van der Waals surface area contributed by atoms with Crippen LogP contribution in [-0.4, -0.2) is 40.9 Å². The topological polar surface area (TPSA) is 99.8 Å². The molecule has 1 aliphatic heterocycles. The van der Waals surface area contributed by atoms with E-state index in [1.165, 1.54) is 6.07 Å². The van der Waals surface area contributed by atoms with Crippen LogP contribution < -0.4 is 5.32 Å². The van der Waals surface area contributed by atoms with E-state index in [0.717, 1.165) is 6.26 Å². The number of hydrogen-bond acceptors (Lipinski definition) is 5. The Morgan fingerprint density at radius 2 is 2.06 bits per heavy atom. The zero-order valence-electron chi connectivity index (χ0n) is 8.80. The molecule has 0 atom stereocenters. The summed E-state index contributed by atoms with van der Waals surface area (Å²) in [4.78, 5) is 34.4. The quantitative estimate of drug-likeness (QED) is 0.684. The van der Waals surface area contributed by atoms with Crippen molar-refractivity contribution in [1.29, 1.82) is 0 Å². The van der Waals surface area contributed by atoms with Crippen LogP contribution in [0, 0.1) is 0 Å². The molecule has 0 saturated carbocycles. The third-order valence-corrected chi connectivity index (χ3v) is 2.29. The van der Waals surface area contributed by atoms with Crippen molar-refractivity contribution in [2.75, 3.05) is 13.1 Å². The van der Waals surface area contributed by atoms with Crippen molar-refractivity contribution in [3.8, 4) is 0 Å². The van der Waals surface area contributed by atoms with Crippen molar-refractivity contribution >= 4 is 17.8 Å². The van der Waals surface area contributed by atoms with Crippen LogP contribution in [0.2, 0.25) is 0 Å². The number of carbonyl (C=O) groups excluding carboxylic acids is 2. The van der Waals surface area contributed by atoms with E-state index in [-0.39, 0.29) is 37.0 Å². The predicted octanol–water partition coefficient (Wildman–Crippen LogP) is -0.564. The highest BCUT2D eigenvalue weighted by molar-refractivity contribution is 5.99. The number of imide groups is 1. The number of furan rings is 1. The highest BCUT2D eigenvalue weighted by atomic mass is 16.4. The van der Waals surface area contributed by atoms with Gasteiger partial charge < -0.3 is 9.52 Å². The maximum Gasteiger partial charge on any atom is 0.338 e. The number of piperazine rings is 1. The average Bonchev–Trinajstić information content (AvgIpc) is 2.64. The largest absolute Gasteiger partial charge is 0.478 e. The van der Waals surface area contributed by atoms with Gasteiger partial charge in [0.25, 0.3) is 0 Å². The Morgan fingerprint density at radius 3 is 2.59 bits per heavy atom. The van der Waals surface area contributed by atoms with Crippen LogP contribution in [0.25, 0.3) is 0 Å². The number of nitrogens with one attached hydrogen (secondary N) is 1. The van der Waals surface area contributed by atoms with Gasteiger partial charge in [0.2, 0.25) is 11.8 Å². The summed E-state index contributed by atoms with van der Waals surface area (Å²) in [6.45, 7) is 0.413. The molecule has 0 bridgehead atoms. The van der Waals surface area contributed by atoms with Gasteiger partial charge >= 0.3 is 5.97 Å². The Labute approximate surface area is 96.0 Å². The van der Waals surface area contributed by atoms with E-state index in [2.05, 4.69) is 5.32 Å². The maximum absolute atomic E-state index is 11.1. The minimum absolute atomic E-state index is 0.0489. The van der Waals surface area contributed by atoms with E-state index in [4.69, 9.17) is 9.52 Å². The van der Waals surface area contributed by atoms with Gasteiger partial charge in [0, 0.05) is 0 Å². The van der Waals surface area contributed by atoms with Crippen LogP contribution >= 0.6 is 0 Å². The van der Waals surface area contributed by atoms with Crippen molar-refractivity contribution in [1.82, 2.24) is 10.2 Å². The van der Waals surface area contributed by atoms with Crippen molar-refractivity contribution in [2.24, 2.45) is 0 Å². The summed E-state index contributed by atoms with van der Waals surface area (Å²) in [5.41, 5.74) is 0.0489. The maximum atomic E-state index is 11.1. The van der Waals surface area contributed by atoms with Crippen LogP contribution in [0.15, 0.2) is 16.7 Å². The van der Waals surface area contributed by atoms with E-state index >= 15 is 0 Å². The zero-order valence-corrected chi connectivity index (χ0v) is 8.80. The first-order chi connectivity index (χ1) is 8.04. The summed E-state index contributed by atoms with van der Waals surface area (Å²) in [7, 11) is 0. The lowest BCUT2D eigenvalue weighted by Crippen LogP contribution is -2.50. The fraction of sp³-hybridized carbons (Fsp3) is 0.300. The van der Waals surface area contributed by atoms with Gasteiger partial charge in [-0.15, -0.1) is 0 Å². The van der Waals surface area contributed by atoms with E-state index in [1.807, 2.05) is 0 Å². The third-order valence-electron chi connectivity index (χ3n) is 2.29. The number of nitrogens with zero attached hydrogens (tertiary/aromatic N) is 1. The lowest BCUT2D eigenvalue weighted by atomic mass is 10.3. The molecule has 0 aromatic carbocycles. The molecule has 0 spiro atoms. The van der Waals surface area contributed by atoms with Gasteiger partial charge in [-0.3, -0.25) is 19.8 Å². The molecule has 0 aliphatic carbocycles. The summed E-state index contributed by atoms with van der Waals surface area (Å²) < 4.78 is 5.03. The molecule has 17 heavy (non-hydrogen) atoms. The second-order valence-electron chi connectivity index (χ2n) is 3.72. The molecule has 90 valence electrons. The fourth-order valence-electron chi connectivity index (χ4n) is 1.60. The standard InChI is InChI=1S/C10H10N2O5/c13-8-3-12(4-9(14)11-8)2-7-1-6(5-17-7)10(15)16/h1,5H,2-4H2,(H,15,16)(H,11,13,14). The van der Waals surface area contributed by atoms with Crippen LogP contribution in [0.4, 0.5) is 0 Å². The molecule has 1 saturated heterocycles. The zero-order chi connectivity index (χ0) is 12.4. The summed E-state index contributed by atoms with van der Waals surface area (Å²) in [6, 6.07) is 1.37. The molecule has 7 nitrogen and oxygen atoms in total. The highest BCUT2D eigenvalue weighted by Gasteiger charge is 2.23. The van der Waals surface area contributed by atoms with Crippen molar-refractivity contribution in [3.63, 3.8) is 0 Å². The molecule has 1 aliphatic rings. The Bertz CT molecular complexity index is 463. The van der Waals surface area contributed by atoms with E-state index in [0.29, 0.717) is 5.76 Å². The highest BCUT2D eigenvalue weighted by Crippen LogP contribution is 2.11. The van der Waals surface area contributed by atoms with Crippen molar-refractivity contribution in [3.05, 3.63) is 23.7 Å².